The van der Waals surface area contributed by atoms with Gasteiger partial charge in [0.1, 0.15) is 5.75 Å². The minimum absolute atomic E-state index is 0.338. The first-order valence-electron chi connectivity index (χ1n) is 5.96. The Balaban J connectivity index is 0.000000265. The summed E-state index contributed by atoms with van der Waals surface area (Å²) < 4.78 is 0. The predicted molar refractivity (Wildman–Crippen MR) is 75.4 cm³/mol. The van der Waals surface area contributed by atoms with Crippen LogP contribution in [0.5, 0.6) is 5.75 Å². The molecule has 0 spiro atoms. The van der Waals surface area contributed by atoms with Crippen LogP contribution in [0.1, 0.15) is 25.0 Å². The molecule has 0 radical (unpaired) electrons. The van der Waals surface area contributed by atoms with E-state index in [0.29, 0.717) is 5.75 Å². The molecule has 17 heavy (non-hydrogen) atoms. The van der Waals surface area contributed by atoms with E-state index in [1.807, 2.05) is 51.1 Å². The first-order valence-corrected chi connectivity index (χ1v) is 5.96. The molecule has 92 valence electrons. The fraction of sp³-hybridized carbons (Fsp3) is 0.250. The van der Waals surface area contributed by atoms with Gasteiger partial charge in [-0.25, -0.2) is 0 Å². The van der Waals surface area contributed by atoms with Crippen molar-refractivity contribution in [2.24, 2.45) is 0 Å². The van der Waals surface area contributed by atoms with Crippen molar-refractivity contribution in [1.82, 2.24) is 0 Å². The highest BCUT2D eigenvalue weighted by Crippen LogP contribution is 2.08. The van der Waals surface area contributed by atoms with E-state index < -0.39 is 0 Å². The highest BCUT2D eigenvalue weighted by atomic mass is 16.3. The molecule has 0 aliphatic heterocycles. The van der Waals surface area contributed by atoms with Gasteiger partial charge in [0, 0.05) is 0 Å². The molecule has 0 aliphatic rings. The van der Waals surface area contributed by atoms with Gasteiger partial charge in [-0.05, 0) is 31.5 Å². The van der Waals surface area contributed by atoms with Crippen LogP contribution in [0.15, 0.2) is 54.6 Å². The summed E-state index contributed by atoms with van der Waals surface area (Å²) in [4.78, 5) is 0. The maximum atomic E-state index is 8.81. The molecule has 0 saturated heterocycles. The van der Waals surface area contributed by atoms with Crippen LogP contribution in [-0.4, -0.2) is 5.11 Å². The van der Waals surface area contributed by atoms with Crippen LogP contribution in [0, 0.1) is 13.8 Å². The topological polar surface area (TPSA) is 20.2 Å². The van der Waals surface area contributed by atoms with E-state index in [-0.39, 0.29) is 0 Å². The Morgan fingerprint density at radius 1 is 0.706 bits per heavy atom. The maximum absolute atomic E-state index is 8.81. The van der Waals surface area contributed by atoms with Crippen molar-refractivity contribution < 1.29 is 5.11 Å². The predicted octanol–water partition coefficient (Wildman–Crippen LogP) is 4.72. The largest absolute Gasteiger partial charge is 0.508 e. The first kappa shape index (κ1) is 15.2. The van der Waals surface area contributed by atoms with Crippen LogP contribution in [0.25, 0.3) is 0 Å². The van der Waals surface area contributed by atoms with Crippen LogP contribution in [-0.2, 0) is 0 Å². The molecule has 0 aromatic heterocycles. The summed E-state index contributed by atoms with van der Waals surface area (Å²) in [5.41, 5.74) is 2.41. The molecule has 0 unspecified atom stereocenters. The van der Waals surface area contributed by atoms with E-state index in [4.69, 9.17) is 5.11 Å². The number of aromatic hydroxyl groups is 1. The summed E-state index contributed by atoms with van der Waals surface area (Å²) in [6.07, 6.45) is 0. The summed E-state index contributed by atoms with van der Waals surface area (Å²) in [5.74, 6) is 0.338. The zero-order valence-electron chi connectivity index (χ0n) is 11.1. The van der Waals surface area contributed by atoms with Gasteiger partial charge in [0.15, 0.2) is 0 Å². The molecule has 1 N–H and O–H groups in total. The van der Waals surface area contributed by atoms with Crippen LogP contribution in [0.2, 0.25) is 0 Å². The van der Waals surface area contributed by atoms with Crippen molar-refractivity contribution in [3.05, 3.63) is 65.7 Å². The van der Waals surface area contributed by atoms with Crippen LogP contribution < -0.4 is 0 Å². The third kappa shape index (κ3) is 8.09. The number of phenolic OH excluding ortho intramolecular Hbond substituents is 1. The van der Waals surface area contributed by atoms with Crippen LogP contribution >= 0.6 is 0 Å². The van der Waals surface area contributed by atoms with Gasteiger partial charge >= 0.3 is 0 Å². The summed E-state index contributed by atoms with van der Waals surface area (Å²) >= 11 is 0. The lowest BCUT2D eigenvalue weighted by Crippen LogP contribution is -1.66. The van der Waals surface area contributed by atoms with Crippen molar-refractivity contribution in [3.8, 4) is 5.75 Å². The Kier molecular flexibility index (Phi) is 8.48. The Morgan fingerprint density at radius 3 is 1.53 bits per heavy atom. The van der Waals surface area contributed by atoms with Gasteiger partial charge < -0.3 is 5.11 Å². The van der Waals surface area contributed by atoms with Crippen molar-refractivity contribution in [2.75, 3.05) is 0 Å². The summed E-state index contributed by atoms with van der Waals surface area (Å²) in [6.45, 7) is 8.03. The van der Waals surface area contributed by atoms with Gasteiger partial charge in [-0.15, -0.1) is 0 Å². The van der Waals surface area contributed by atoms with Gasteiger partial charge in [-0.2, -0.15) is 0 Å². The molecule has 0 atom stereocenters. The molecule has 0 fully saturated rings. The van der Waals surface area contributed by atoms with E-state index in [2.05, 4.69) is 19.1 Å². The Labute approximate surface area is 105 Å². The average Bonchev–Trinajstić information content (AvgIpc) is 2.33. The lowest BCUT2D eigenvalue weighted by Gasteiger charge is -1.89. The second-order valence-corrected chi connectivity index (χ2v) is 3.49. The molecule has 0 aliphatic carbocycles. The molecule has 2 rings (SSSR count). The fourth-order valence-corrected chi connectivity index (χ4v) is 1.16. The zero-order chi connectivity index (χ0) is 13.1. The molecule has 2 aromatic carbocycles. The average molecular weight is 230 g/mol. The lowest BCUT2D eigenvalue weighted by molar-refractivity contribution is 0.475. The van der Waals surface area contributed by atoms with Crippen LogP contribution in [0.4, 0.5) is 0 Å². The van der Waals surface area contributed by atoms with Gasteiger partial charge in [-0.1, -0.05) is 61.9 Å². The normalized spacial score (nSPS) is 8.24. The fourth-order valence-electron chi connectivity index (χ4n) is 1.16. The Morgan fingerprint density at radius 2 is 1.24 bits per heavy atom. The number of rotatable bonds is 0. The van der Waals surface area contributed by atoms with Crippen molar-refractivity contribution >= 4 is 0 Å². The number of hydrogen-bond acceptors (Lipinski definition) is 1. The van der Waals surface area contributed by atoms with E-state index in [0.717, 1.165) is 5.56 Å². The number of phenols is 1. The smallest absolute Gasteiger partial charge is 0.115 e. The van der Waals surface area contributed by atoms with Gasteiger partial charge in [0.2, 0.25) is 0 Å². The molecule has 0 amide bonds. The summed E-state index contributed by atoms with van der Waals surface area (Å²) in [6, 6.07) is 17.4. The summed E-state index contributed by atoms with van der Waals surface area (Å²) in [5, 5.41) is 8.81. The van der Waals surface area contributed by atoms with E-state index >= 15 is 0 Å². The number of benzene rings is 2. The molecule has 0 saturated carbocycles. The molecule has 1 nitrogen and oxygen atoms in total. The molecule has 1 heteroatoms. The first-order chi connectivity index (χ1) is 8.18. The Hall–Kier alpha value is -1.76. The van der Waals surface area contributed by atoms with Crippen molar-refractivity contribution in [2.45, 2.75) is 27.7 Å². The summed E-state index contributed by atoms with van der Waals surface area (Å²) in [7, 11) is 0. The number of aryl methyl sites for hydroxylation is 2. The van der Waals surface area contributed by atoms with Gasteiger partial charge in [0.25, 0.3) is 0 Å². The monoisotopic (exact) mass is 230 g/mol. The quantitative estimate of drug-likeness (QED) is 0.694. The van der Waals surface area contributed by atoms with E-state index in [1.54, 1.807) is 12.1 Å². The molecule has 0 bridgehead atoms. The van der Waals surface area contributed by atoms with Gasteiger partial charge in [-0.3, -0.25) is 0 Å². The molecule has 0 heterocycles. The standard InChI is InChI=1S/C7H8O.C7H8.C2H6/c1-6-3-2-4-7(8)5-6;1-7-5-3-2-4-6-7;1-2/h2-5,8H,1H3;2-6H,1H3;1-2H3. The molecular weight excluding hydrogens is 208 g/mol. The third-order valence-corrected chi connectivity index (χ3v) is 1.94. The van der Waals surface area contributed by atoms with E-state index in [9.17, 15) is 0 Å². The molecule has 2 aromatic rings. The second-order valence-electron chi connectivity index (χ2n) is 3.49. The Bertz CT molecular complexity index is 376. The SMILES string of the molecule is CC.Cc1cccc(O)c1.Cc1ccccc1. The third-order valence-electron chi connectivity index (χ3n) is 1.94. The second kappa shape index (κ2) is 9.46. The lowest BCUT2D eigenvalue weighted by atomic mass is 10.2. The maximum Gasteiger partial charge on any atom is 0.115 e. The van der Waals surface area contributed by atoms with Gasteiger partial charge in [0.05, 0.1) is 0 Å². The van der Waals surface area contributed by atoms with Crippen molar-refractivity contribution in [1.29, 1.82) is 0 Å². The zero-order valence-corrected chi connectivity index (χ0v) is 11.1. The minimum atomic E-state index is 0.338. The minimum Gasteiger partial charge on any atom is -0.508 e. The highest BCUT2D eigenvalue weighted by molar-refractivity contribution is 5.25. The van der Waals surface area contributed by atoms with Crippen LogP contribution in [0.3, 0.4) is 0 Å². The van der Waals surface area contributed by atoms with E-state index in [1.165, 1.54) is 5.56 Å². The van der Waals surface area contributed by atoms with Crippen molar-refractivity contribution in [3.63, 3.8) is 0 Å². The highest BCUT2D eigenvalue weighted by Gasteiger charge is 1.83. The molecular formula is C16H22O. The number of hydrogen-bond donors (Lipinski definition) is 1.